The summed E-state index contributed by atoms with van der Waals surface area (Å²) in [5.41, 5.74) is 0.719. The van der Waals surface area contributed by atoms with Gasteiger partial charge in [-0.1, -0.05) is 44.2 Å². The zero-order chi connectivity index (χ0) is 14.8. The van der Waals surface area contributed by atoms with Gasteiger partial charge in [-0.05, 0) is 30.2 Å². The molecule has 20 heavy (non-hydrogen) atoms. The molecule has 1 aromatic carbocycles. The lowest BCUT2D eigenvalue weighted by Gasteiger charge is -2.27. The van der Waals surface area contributed by atoms with E-state index in [-0.39, 0.29) is 6.04 Å². The number of hydrogen-bond acceptors (Lipinski definition) is 1. The van der Waals surface area contributed by atoms with Gasteiger partial charge in [0.2, 0.25) is 0 Å². The van der Waals surface area contributed by atoms with Gasteiger partial charge < -0.3 is 5.32 Å². The van der Waals surface area contributed by atoms with Gasteiger partial charge >= 0.3 is 6.18 Å². The third-order valence-electron chi connectivity index (χ3n) is 4.52. The average Bonchev–Trinajstić information content (AvgIpc) is 2.69. The van der Waals surface area contributed by atoms with Crippen LogP contribution in [0.25, 0.3) is 0 Å². The Kier molecular flexibility index (Phi) is 4.74. The molecule has 0 radical (unpaired) electrons. The van der Waals surface area contributed by atoms with E-state index in [1.807, 2.05) is 6.07 Å². The van der Waals surface area contributed by atoms with Gasteiger partial charge in [0.25, 0.3) is 0 Å². The van der Waals surface area contributed by atoms with Crippen LogP contribution in [0.1, 0.15) is 44.7 Å². The average molecular weight is 285 g/mol. The van der Waals surface area contributed by atoms with Gasteiger partial charge in [-0.15, -0.1) is 0 Å². The van der Waals surface area contributed by atoms with Gasteiger partial charge in [0, 0.05) is 12.1 Å². The number of alkyl halides is 3. The molecule has 2 rings (SSSR count). The van der Waals surface area contributed by atoms with E-state index in [1.165, 1.54) is 0 Å². The number of halogens is 3. The van der Waals surface area contributed by atoms with Gasteiger partial charge in [-0.2, -0.15) is 13.2 Å². The Morgan fingerprint density at radius 2 is 1.80 bits per heavy atom. The van der Waals surface area contributed by atoms with Crippen LogP contribution >= 0.6 is 0 Å². The van der Waals surface area contributed by atoms with Crippen LogP contribution in [0, 0.1) is 11.8 Å². The van der Waals surface area contributed by atoms with E-state index in [2.05, 4.69) is 19.2 Å². The summed E-state index contributed by atoms with van der Waals surface area (Å²) < 4.78 is 38.4. The van der Waals surface area contributed by atoms with Gasteiger partial charge in [0.05, 0.1) is 6.42 Å². The summed E-state index contributed by atoms with van der Waals surface area (Å²) in [6.07, 6.45) is -2.91. The second-order valence-electron chi connectivity index (χ2n) is 5.97. The van der Waals surface area contributed by atoms with Crippen molar-refractivity contribution in [3.63, 3.8) is 0 Å². The number of rotatable bonds is 4. The van der Waals surface area contributed by atoms with Crippen LogP contribution in [-0.2, 0) is 0 Å². The molecule has 4 heteroatoms. The summed E-state index contributed by atoms with van der Waals surface area (Å²) >= 11 is 0. The summed E-state index contributed by atoms with van der Waals surface area (Å²) in [5, 5.41) is 3.25. The van der Waals surface area contributed by atoms with Crippen molar-refractivity contribution in [2.24, 2.45) is 11.8 Å². The minimum absolute atomic E-state index is 0.178. The zero-order valence-electron chi connectivity index (χ0n) is 12.0. The molecule has 4 atom stereocenters. The largest absolute Gasteiger partial charge is 0.390 e. The van der Waals surface area contributed by atoms with Gasteiger partial charge in [-0.25, -0.2) is 0 Å². The van der Waals surface area contributed by atoms with Crippen molar-refractivity contribution in [3.05, 3.63) is 35.9 Å². The van der Waals surface area contributed by atoms with Crippen molar-refractivity contribution >= 4 is 0 Å². The molecule has 0 saturated heterocycles. The van der Waals surface area contributed by atoms with Crippen molar-refractivity contribution in [2.75, 3.05) is 0 Å². The minimum Gasteiger partial charge on any atom is -0.307 e. The van der Waals surface area contributed by atoms with Crippen molar-refractivity contribution in [2.45, 2.75) is 51.4 Å². The van der Waals surface area contributed by atoms with Crippen LogP contribution in [0.5, 0.6) is 0 Å². The maximum absolute atomic E-state index is 12.8. The van der Waals surface area contributed by atoms with E-state index in [9.17, 15) is 13.2 Å². The fourth-order valence-corrected chi connectivity index (χ4v) is 3.05. The van der Waals surface area contributed by atoms with Crippen molar-refractivity contribution in [3.8, 4) is 0 Å². The molecule has 1 saturated carbocycles. The fourth-order valence-electron chi connectivity index (χ4n) is 3.05. The van der Waals surface area contributed by atoms with Crippen LogP contribution < -0.4 is 5.32 Å². The Bertz CT molecular complexity index is 415. The Morgan fingerprint density at radius 3 is 2.30 bits per heavy atom. The van der Waals surface area contributed by atoms with E-state index in [4.69, 9.17) is 0 Å². The van der Waals surface area contributed by atoms with E-state index < -0.39 is 18.6 Å². The lowest BCUT2D eigenvalue weighted by molar-refractivity contribution is -0.141. The van der Waals surface area contributed by atoms with Crippen molar-refractivity contribution in [1.82, 2.24) is 5.32 Å². The quantitative estimate of drug-likeness (QED) is 0.845. The summed E-state index contributed by atoms with van der Waals surface area (Å²) in [4.78, 5) is 0. The second-order valence-corrected chi connectivity index (χ2v) is 5.97. The molecule has 0 spiro atoms. The van der Waals surface area contributed by atoms with Crippen molar-refractivity contribution < 1.29 is 13.2 Å². The van der Waals surface area contributed by atoms with Crippen LogP contribution in [0.2, 0.25) is 0 Å². The molecule has 1 aliphatic rings. The molecule has 1 aromatic rings. The van der Waals surface area contributed by atoms with Crippen molar-refractivity contribution in [1.29, 1.82) is 0 Å². The van der Waals surface area contributed by atoms with Crippen LogP contribution in [0.3, 0.4) is 0 Å². The highest BCUT2D eigenvalue weighted by atomic mass is 19.4. The molecule has 1 aliphatic carbocycles. The van der Waals surface area contributed by atoms with E-state index in [0.717, 1.165) is 18.4 Å². The first-order valence-corrected chi connectivity index (χ1v) is 7.24. The molecule has 1 fully saturated rings. The Morgan fingerprint density at radius 1 is 1.15 bits per heavy atom. The normalized spacial score (nSPS) is 28.6. The predicted octanol–water partition coefficient (Wildman–Crippen LogP) is 4.70. The number of benzene rings is 1. The standard InChI is InChI=1S/C16H22F3N/c1-11-8-9-14(12(11)2)20-15(10-16(17,18)19)13-6-4-3-5-7-13/h3-7,11-12,14-15,20H,8-10H2,1-2H3. The first kappa shape index (κ1) is 15.4. The minimum atomic E-state index is -4.15. The highest BCUT2D eigenvalue weighted by Crippen LogP contribution is 2.35. The highest BCUT2D eigenvalue weighted by Gasteiger charge is 2.36. The first-order valence-electron chi connectivity index (χ1n) is 7.24. The Labute approximate surface area is 118 Å². The lowest BCUT2D eigenvalue weighted by Crippen LogP contribution is -2.37. The molecule has 0 aromatic heterocycles. The Balaban J connectivity index is 2.11. The summed E-state index contributed by atoms with van der Waals surface area (Å²) in [6.45, 7) is 4.30. The van der Waals surface area contributed by atoms with E-state index in [0.29, 0.717) is 11.8 Å². The van der Waals surface area contributed by atoms with Gasteiger partial charge in [-0.3, -0.25) is 0 Å². The van der Waals surface area contributed by atoms with Crippen LogP contribution in [-0.4, -0.2) is 12.2 Å². The molecule has 1 nitrogen and oxygen atoms in total. The molecule has 4 unspecified atom stereocenters. The summed E-state index contributed by atoms with van der Waals surface area (Å²) in [7, 11) is 0. The molecular weight excluding hydrogens is 263 g/mol. The molecule has 112 valence electrons. The fraction of sp³-hybridized carbons (Fsp3) is 0.625. The molecule has 0 aliphatic heterocycles. The van der Waals surface area contributed by atoms with Gasteiger partial charge in [0.1, 0.15) is 0 Å². The summed E-state index contributed by atoms with van der Waals surface area (Å²) in [5.74, 6) is 1.00. The topological polar surface area (TPSA) is 12.0 Å². The summed E-state index contributed by atoms with van der Waals surface area (Å²) in [6, 6.07) is 8.49. The first-order chi connectivity index (χ1) is 9.37. The zero-order valence-corrected chi connectivity index (χ0v) is 12.0. The number of nitrogens with one attached hydrogen (secondary N) is 1. The molecule has 0 amide bonds. The van der Waals surface area contributed by atoms with Crippen LogP contribution in [0.4, 0.5) is 13.2 Å². The van der Waals surface area contributed by atoms with E-state index >= 15 is 0 Å². The monoisotopic (exact) mass is 285 g/mol. The lowest BCUT2D eigenvalue weighted by atomic mass is 9.95. The molecular formula is C16H22F3N. The smallest absolute Gasteiger partial charge is 0.307 e. The Hall–Kier alpha value is -1.03. The van der Waals surface area contributed by atoms with Crippen LogP contribution in [0.15, 0.2) is 30.3 Å². The third-order valence-corrected chi connectivity index (χ3v) is 4.52. The second kappa shape index (κ2) is 6.17. The molecule has 1 N–H and O–H groups in total. The maximum Gasteiger partial charge on any atom is 0.390 e. The number of hydrogen-bond donors (Lipinski definition) is 1. The third kappa shape index (κ3) is 3.98. The highest BCUT2D eigenvalue weighted by molar-refractivity contribution is 5.19. The van der Waals surface area contributed by atoms with E-state index in [1.54, 1.807) is 24.3 Å². The molecule has 0 bridgehead atoms. The SMILES string of the molecule is CC1CCC(NC(CC(F)(F)F)c2ccccc2)C1C. The van der Waals surface area contributed by atoms with Gasteiger partial charge in [0.15, 0.2) is 0 Å². The predicted molar refractivity (Wildman–Crippen MR) is 74.3 cm³/mol. The molecule has 0 heterocycles. The maximum atomic E-state index is 12.8.